The summed E-state index contributed by atoms with van der Waals surface area (Å²) in [7, 11) is 1.90. The Bertz CT molecular complexity index is 673. The molecule has 0 saturated heterocycles. The lowest BCUT2D eigenvalue weighted by atomic mass is 10.2. The number of thiazole rings is 1. The van der Waals surface area contributed by atoms with Crippen LogP contribution >= 0.6 is 11.3 Å². The summed E-state index contributed by atoms with van der Waals surface area (Å²) in [6.45, 7) is 2.15. The molecule has 0 amide bonds. The molecular formula is C13H15N5S. The summed E-state index contributed by atoms with van der Waals surface area (Å²) in [5, 5.41) is 14.8. The third-order valence-corrected chi connectivity index (χ3v) is 4.00. The maximum atomic E-state index is 4.37. The van der Waals surface area contributed by atoms with Gasteiger partial charge in [0.1, 0.15) is 10.5 Å². The van der Waals surface area contributed by atoms with Crippen molar-refractivity contribution >= 4 is 28.1 Å². The number of hydrogen-bond donors (Lipinski definition) is 1. The molecule has 0 aliphatic carbocycles. The zero-order chi connectivity index (χ0) is 13.2. The number of rotatable bonds is 4. The summed E-state index contributed by atoms with van der Waals surface area (Å²) in [6.07, 6.45) is 2.84. The number of benzene rings is 1. The van der Waals surface area contributed by atoms with Crippen molar-refractivity contribution in [1.29, 1.82) is 0 Å². The first-order valence-corrected chi connectivity index (χ1v) is 7.11. The summed E-state index contributed by atoms with van der Waals surface area (Å²) in [5.41, 5.74) is 2.99. The van der Waals surface area contributed by atoms with Gasteiger partial charge >= 0.3 is 0 Å². The van der Waals surface area contributed by atoms with E-state index in [1.165, 1.54) is 0 Å². The summed E-state index contributed by atoms with van der Waals surface area (Å²) < 4.78 is 1.78. The molecule has 0 saturated carbocycles. The highest BCUT2D eigenvalue weighted by molar-refractivity contribution is 7.09. The van der Waals surface area contributed by atoms with Crippen LogP contribution in [0.5, 0.6) is 0 Å². The Morgan fingerprint density at radius 1 is 1.42 bits per heavy atom. The van der Waals surface area contributed by atoms with Gasteiger partial charge in [0.2, 0.25) is 0 Å². The highest BCUT2D eigenvalue weighted by Gasteiger charge is 2.12. The topological polar surface area (TPSA) is 55.6 Å². The molecule has 3 rings (SSSR count). The first-order valence-electron chi connectivity index (χ1n) is 6.23. The average molecular weight is 273 g/mol. The van der Waals surface area contributed by atoms with E-state index in [9.17, 15) is 0 Å². The third kappa shape index (κ3) is 2.31. The van der Waals surface area contributed by atoms with Crippen LogP contribution < -0.4 is 5.32 Å². The quantitative estimate of drug-likeness (QED) is 0.794. The predicted molar refractivity (Wildman–Crippen MR) is 77.3 cm³/mol. The van der Waals surface area contributed by atoms with E-state index in [1.807, 2.05) is 30.8 Å². The van der Waals surface area contributed by atoms with Gasteiger partial charge in [0, 0.05) is 24.3 Å². The molecule has 1 unspecified atom stereocenters. The number of aryl methyl sites for hydroxylation is 1. The Kier molecular flexibility index (Phi) is 3.16. The van der Waals surface area contributed by atoms with E-state index in [0.717, 1.165) is 28.1 Å². The van der Waals surface area contributed by atoms with E-state index in [2.05, 4.69) is 33.6 Å². The first-order chi connectivity index (χ1) is 9.28. The second kappa shape index (κ2) is 4.97. The minimum Gasteiger partial charge on any atom is -0.376 e. The Hall–Kier alpha value is -1.95. The van der Waals surface area contributed by atoms with Crippen molar-refractivity contribution in [3.63, 3.8) is 0 Å². The van der Waals surface area contributed by atoms with Gasteiger partial charge in [-0.1, -0.05) is 12.1 Å². The van der Waals surface area contributed by atoms with E-state index in [4.69, 9.17) is 0 Å². The molecular weight excluding hydrogens is 258 g/mol. The highest BCUT2D eigenvalue weighted by Crippen LogP contribution is 2.25. The van der Waals surface area contributed by atoms with Crippen LogP contribution in [-0.4, -0.2) is 20.0 Å². The maximum absolute atomic E-state index is 4.37. The van der Waals surface area contributed by atoms with Crippen molar-refractivity contribution in [2.75, 3.05) is 5.32 Å². The minimum atomic E-state index is 0.245. The Morgan fingerprint density at radius 3 is 3.05 bits per heavy atom. The fourth-order valence-electron chi connectivity index (χ4n) is 2.08. The van der Waals surface area contributed by atoms with Crippen LogP contribution in [0.4, 0.5) is 5.69 Å². The van der Waals surface area contributed by atoms with E-state index in [-0.39, 0.29) is 6.04 Å². The molecule has 1 atom stereocenters. The van der Waals surface area contributed by atoms with Crippen molar-refractivity contribution in [3.8, 4) is 0 Å². The molecule has 3 aromatic rings. The number of aromatic nitrogens is 4. The second-order valence-electron chi connectivity index (χ2n) is 4.39. The van der Waals surface area contributed by atoms with Crippen LogP contribution in [0.1, 0.15) is 24.4 Å². The number of fused-ring (bicyclic) bond motifs is 1. The molecule has 0 radical (unpaired) electrons. The SMILES string of the molecule is CCC(Nc1ccc2c(c1)nnn2C)c1nccs1. The van der Waals surface area contributed by atoms with Gasteiger partial charge in [-0.25, -0.2) is 9.67 Å². The van der Waals surface area contributed by atoms with E-state index < -0.39 is 0 Å². The maximum Gasteiger partial charge on any atom is 0.115 e. The second-order valence-corrected chi connectivity index (χ2v) is 5.32. The summed E-state index contributed by atoms with van der Waals surface area (Å²) in [4.78, 5) is 4.37. The molecule has 5 nitrogen and oxygen atoms in total. The fourth-order valence-corrected chi connectivity index (χ4v) is 2.85. The van der Waals surface area contributed by atoms with Gasteiger partial charge in [-0.2, -0.15) is 0 Å². The molecule has 2 aromatic heterocycles. The van der Waals surface area contributed by atoms with E-state index >= 15 is 0 Å². The van der Waals surface area contributed by atoms with Crippen LogP contribution in [-0.2, 0) is 7.05 Å². The molecule has 2 heterocycles. The van der Waals surface area contributed by atoms with Gasteiger partial charge in [0.05, 0.1) is 11.6 Å². The smallest absolute Gasteiger partial charge is 0.115 e. The zero-order valence-electron chi connectivity index (χ0n) is 10.9. The van der Waals surface area contributed by atoms with Crippen LogP contribution in [0, 0.1) is 0 Å². The lowest BCUT2D eigenvalue weighted by molar-refractivity contribution is 0.736. The molecule has 19 heavy (non-hydrogen) atoms. The molecule has 6 heteroatoms. The third-order valence-electron chi connectivity index (χ3n) is 3.11. The molecule has 0 aliphatic rings. The van der Waals surface area contributed by atoms with Crippen LogP contribution in [0.25, 0.3) is 11.0 Å². The summed E-state index contributed by atoms with van der Waals surface area (Å²) >= 11 is 1.68. The van der Waals surface area contributed by atoms with Crippen molar-refractivity contribution in [2.24, 2.45) is 7.05 Å². The van der Waals surface area contributed by atoms with Gasteiger partial charge in [-0.15, -0.1) is 16.4 Å². The Morgan fingerprint density at radius 2 is 2.32 bits per heavy atom. The van der Waals surface area contributed by atoms with E-state index in [1.54, 1.807) is 16.0 Å². The van der Waals surface area contributed by atoms with Gasteiger partial charge in [0.25, 0.3) is 0 Å². The zero-order valence-corrected chi connectivity index (χ0v) is 11.7. The van der Waals surface area contributed by atoms with Gasteiger partial charge in [-0.3, -0.25) is 0 Å². The van der Waals surface area contributed by atoms with Gasteiger partial charge < -0.3 is 5.32 Å². The van der Waals surface area contributed by atoms with Crippen molar-refractivity contribution < 1.29 is 0 Å². The predicted octanol–water partition coefficient (Wildman–Crippen LogP) is 2.99. The molecule has 0 spiro atoms. The molecule has 1 N–H and O–H groups in total. The Balaban J connectivity index is 1.88. The van der Waals surface area contributed by atoms with Crippen molar-refractivity contribution in [1.82, 2.24) is 20.0 Å². The van der Waals surface area contributed by atoms with Gasteiger partial charge in [-0.05, 0) is 24.6 Å². The van der Waals surface area contributed by atoms with Crippen molar-refractivity contribution in [2.45, 2.75) is 19.4 Å². The van der Waals surface area contributed by atoms with Crippen LogP contribution in [0.2, 0.25) is 0 Å². The number of nitrogens with zero attached hydrogens (tertiary/aromatic N) is 4. The molecule has 0 aliphatic heterocycles. The Labute approximate surface area is 115 Å². The van der Waals surface area contributed by atoms with Crippen LogP contribution in [0.3, 0.4) is 0 Å². The minimum absolute atomic E-state index is 0.245. The average Bonchev–Trinajstić information content (AvgIpc) is 3.06. The lowest BCUT2D eigenvalue weighted by Crippen LogP contribution is -2.09. The lowest BCUT2D eigenvalue weighted by Gasteiger charge is -2.15. The highest BCUT2D eigenvalue weighted by atomic mass is 32.1. The molecule has 0 bridgehead atoms. The normalized spacial score (nSPS) is 12.7. The monoisotopic (exact) mass is 273 g/mol. The number of anilines is 1. The largest absolute Gasteiger partial charge is 0.376 e. The first kappa shape index (κ1) is 12.1. The fraction of sp³-hybridized carbons (Fsp3) is 0.308. The van der Waals surface area contributed by atoms with Crippen molar-refractivity contribution in [3.05, 3.63) is 34.8 Å². The molecule has 1 aromatic carbocycles. The molecule has 0 fully saturated rings. The van der Waals surface area contributed by atoms with Gasteiger partial charge in [0.15, 0.2) is 0 Å². The van der Waals surface area contributed by atoms with E-state index in [0.29, 0.717) is 0 Å². The molecule has 98 valence electrons. The summed E-state index contributed by atoms with van der Waals surface area (Å²) in [6, 6.07) is 6.36. The number of nitrogens with one attached hydrogen (secondary N) is 1. The standard InChI is InChI=1S/C13H15N5S/c1-3-10(13-14-6-7-19-13)15-9-4-5-12-11(8-9)16-17-18(12)2/h4-8,10,15H,3H2,1-2H3. The van der Waals surface area contributed by atoms with Crippen LogP contribution in [0.15, 0.2) is 29.8 Å². The number of hydrogen-bond acceptors (Lipinski definition) is 5. The summed E-state index contributed by atoms with van der Waals surface area (Å²) in [5.74, 6) is 0.